The SMILES string of the molecule is O=C(CCSc1ccccc1)Nc1nc2ccc(Br)cc2s1. The number of carbonyl (C=O) groups excluding carboxylic acids is 1. The molecule has 0 unspecified atom stereocenters. The van der Waals surface area contributed by atoms with Gasteiger partial charge in [0, 0.05) is 21.5 Å². The molecule has 0 spiro atoms. The minimum atomic E-state index is 0.00144. The molecule has 0 atom stereocenters. The lowest BCUT2D eigenvalue weighted by Gasteiger charge is -2.02. The minimum absolute atomic E-state index is 0.00144. The summed E-state index contributed by atoms with van der Waals surface area (Å²) in [6.45, 7) is 0. The highest BCUT2D eigenvalue weighted by Gasteiger charge is 2.08. The first-order valence-electron chi connectivity index (χ1n) is 6.74. The summed E-state index contributed by atoms with van der Waals surface area (Å²) in [4.78, 5) is 17.6. The van der Waals surface area contributed by atoms with E-state index in [0.29, 0.717) is 11.6 Å². The number of thioether (sulfide) groups is 1. The zero-order valence-electron chi connectivity index (χ0n) is 11.6. The van der Waals surface area contributed by atoms with Gasteiger partial charge in [-0.05, 0) is 30.3 Å². The van der Waals surface area contributed by atoms with Gasteiger partial charge in [-0.25, -0.2) is 4.98 Å². The molecule has 6 heteroatoms. The highest BCUT2D eigenvalue weighted by Crippen LogP contribution is 2.28. The van der Waals surface area contributed by atoms with Crippen LogP contribution in [-0.2, 0) is 4.79 Å². The van der Waals surface area contributed by atoms with Crippen molar-refractivity contribution in [2.75, 3.05) is 11.1 Å². The molecule has 0 aliphatic heterocycles. The first kappa shape index (κ1) is 15.5. The Bertz CT molecular complexity index is 789. The zero-order chi connectivity index (χ0) is 15.4. The van der Waals surface area contributed by atoms with Crippen molar-refractivity contribution in [3.63, 3.8) is 0 Å². The number of nitrogens with zero attached hydrogens (tertiary/aromatic N) is 1. The van der Waals surface area contributed by atoms with Crippen LogP contribution < -0.4 is 5.32 Å². The van der Waals surface area contributed by atoms with E-state index in [9.17, 15) is 4.79 Å². The molecule has 2 aromatic carbocycles. The van der Waals surface area contributed by atoms with Gasteiger partial charge < -0.3 is 5.32 Å². The quantitative estimate of drug-likeness (QED) is 0.608. The average molecular weight is 393 g/mol. The molecule has 0 saturated heterocycles. The van der Waals surface area contributed by atoms with Crippen molar-refractivity contribution >= 4 is 60.3 Å². The fourth-order valence-electron chi connectivity index (χ4n) is 1.91. The molecule has 1 aromatic heterocycles. The van der Waals surface area contributed by atoms with E-state index in [1.165, 1.54) is 16.2 Å². The molecule has 1 heterocycles. The van der Waals surface area contributed by atoms with Gasteiger partial charge in [-0.3, -0.25) is 4.79 Å². The summed E-state index contributed by atoms with van der Waals surface area (Å²) < 4.78 is 2.07. The average Bonchev–Trinajstić information content (AvgIpc) is 2.89. The molecule has 0 aliphatic rings. The Kier molecular flexibility index (Phi) is 5.12. The number of benzene rings is 2. The summed E-state index contributed by atoms with van der Waals surface area (Å²) in [6.07, 6.45) is 0.471. The number of thiazole rings is 1. The Hall–Kier alpha value is -1.37. The first-order chi connectivity index (χ1) is 10.7. The van der Waals surface area contributed by atoms with E-state index in [0.717, 1.165) is 20.4 Å². The maximum absolute atomic E-state index is 12.0. The molecule has 0 saturated carbocycles. The lowest BCUT2D eigenvalue weighted by Crippen LogP contribution is -2.11. The van der Waals surface area contributed by atoms with Gasteiger partial charge in [-0.2, -0.15) is 0 Å². The van der Waals surface area contributed by atoms with Crippen LogP contribution in [-0.4, -0.2) is 16.6 Å². The lowest BCUT2D eigenvalue weighted by atomic mass is 10.3. The first-order valence-corrected chi connectivity index (χ1v) is 9.34. The molecule has 3 nitrogen and oxygen atoms in total. The molecule has 3 aromatic rings. The van der Waals surface area contributed by atoms with Crippen molar-refractivity contribution in [2.45, 2.75) is 11.3 Å². The van der Waals surface area contributed by atoms with Crippen LogP contribution >= 0.6 is 39.0 Å². The number of carbonyl (C=O) groups is 1. The van der Waals surface area contributed by atoms with E-state index in [1.54, 1.807) is 11.8 Å². The number of anilines is 1. The van der Waals surface area contributed by atoms with Gasteiger partial charge in [0.1, 0.15) is 0 Å². The molecule has 0 radical (unpaired) electrons. The van der Waals surface area contributed by atoms with E-state index in [-0.39, 0.29) is 5.91 Å². The number of rotatable bonds is 5. The second-order valence-electron chi connectivity index (χ2n) is 4.59. The maximum Gasteiger partial charge on any atom is 0.226 e. The van der Waals surface area contributed by atoms with Gasteiger partial charge in [0.2, 0.25) is 5.91 Å². The number of aromatic nitrogens is 1. The van der Waals surface area contributed by atoms with Gasteiger partial charge in [0.25, 0.3) is 0 Å². The Labute approximate surface area is 145 Å². The van der Waals surface area contributed by atoms with E-state index >= 15 is 0 Å². The van der Waals surface area contributed by atoms with Crippen LogP contribution in [0.4, 0.5) is 5.13 Å². The van der Waals surface area contributed by atoms with Crippen molar-refractivity contribution in [2.24, 2.45) is 0 Å². The van der Waals surface area contributed by atoms with Crippen molar-refractivity contribution in [3.05, 3.63) is 53.0 Å². The largest absolute Gasteiger partial charge is 0.302 e. The molecule has 112 valence electrons. The van der Waals surface area contributed by atoms with Gasteiger partial charge in [0.05, 0.1) is 10.2 Å². The Morgan fingerprint density at radius 3 is 2.86 bits per heavy atom. The predicted octanol–water partition coefficient (Wildman–Crippen LogP) is 5.18. The van der Waals surface area contributed by atoms with Gasteiger partial charge >= 0.3 is 0 Å². The normalized spacial score (nSPS) is 10.8. The predicted molar refractivity (Wildman–Crippen MR) is 97.7 cm³/mol. The number of fused-ring (bicyclic) bond motifs is 1. The molecular weight excluding hydrogens is 380 g/mol. The van der Waals surface area contributed by atoms with Crippen LogP contribution in [0.15, 0.2) is 57.9 Å². The summed E-state index contributed by atoms with van der Waals surface area (Å²) in [6, 6.07) is 16.0. The highest BCUT2D eigenvalue weighted by atomic mass is 79.9. The summed E-state index contributed by atoms with van der Waals surface area (Å²) in [7, 11) is 0. The van der Waals surface area contributed by atoms with Crippen LogP contribution in [0.1, 0.15) is 6.42 Å². The van der Waals surface area contributed by atoms with Crippen LogP contribution in [0.3, 0.4) is 0 Å². The van der Waals surface area contributed by atoms with Crippen LogP contribution in [0.5, 0.6) is 0 Å². The van der Waals surface area contributed by atoms with Gasteiger partial charge in [-0.1, -0.05) is 45.5 Å². The highest BCUT2D eigenvalue weighted by molar-refractivity contribution is 9.10. The molecule has 0 fully saturated rings. The van der Waals surface area contributed by atoms with Crippen LogP contribution in [0, 0.1) is 0 Å². The third kappa shape index (κ3) is 4.09. The standard InChI is InChI=1S/C16H13BrN2OS2/c17-11-6-7-13-14(10-11)22-16(18-13)19-15(20)8-9-21-12-4-2-1-3-5-12/h1-7,10H,8-9H2,(H,18,19,20). The number of halogens is 1. The van der Waals surface area contributed by atoms with E-state index in [2.05, 4.69) is 26.2 Å². The number of hydrogen-bond donors (Lipinski definition) is 1. The molecule has 0 bridgehead atoms. The van der Waals surface area contributed by atoms with Crippen molar-refractivity contribution in [1.29, 1.82) is 0 Å². The van der Waals surface area contributed by atoms with Crippen LogP contribution in [0.2, 0.25) is 0 Å². The number of amides is 1. The summed E-state index contributed by atoms with van der Waals surface area (Å²) in [5, 5.41) is 3.53. The minimum Gasteiger partial charge on any atom is -0.302 e. The maximum atomic E-state index is 12.0. The van der Waals surface area contributed by atoms with Gasteiger partial charge in [-0.15, -0.1) is 11.8 Å². The molecule has 3 rings (SSSR count). The third-order valence-electron chi connectivity index (χ3n) is 2.94. The number of nitrogens with one attached hydrogen (secondary N) is 1. The fraction of sp³-hybridized carbons (Fsp3) is 0.125. The fourth-order valence-corrected chi connectivity index (χ4v) is 4.22. The lowest BCUT2D eigenvalue weighted by molar-refractivity contribution is -0.115. The zero-order valence-corrected chi connectivity index (χ0v) is 14.8. The molecule has 22 heavy (non-hydrogen) atoms. The Morgan fingerprint density at radius 2 is 2.05 bits per heavy atom. The molecule has 1 amide bonds. The van der Waals surface area contributed by atoms with Crippen molar-refractivity contribution < 1.29 is 4.79 Å². The number of hydrogen-bond acceptors (Lipinski definition) is 4. The smallest absolute Gasteiger partial charge is 0.226 e. The monoisotopic (exact) mass is 392 g/mol. The van der Waals surface area contributed by atoms with E-state index < -0.39 is 0 Å². The third-order valence-corrected chi connectivity index (χ3v) is 5.38. The summed E-state index contributed by atoms with van der Waals surface area (Å²) in [5.41, 5.74) is 0.905. The Balaban J connectivity index is 1.54. The summed E-state index contributed by atoms with van der Waals surface area (Å²) >= 11 is 6.61. The molecule has 0 aliphatic carbocycles. The second-order valence-corrected chi connectivity index (χ2v) is 7.71. The van der Waals surface area contributed by atoms with Crippen molar-refractivity contribution in [3.8, 4) is 0 Å². The molecule has 1 N–H and O–H groups in total. The Morgan fingerprint density at radius 1 is 1.23 bits per heavy atom. The second kappa shape index (κ2) is 7.26. The van der Waals surface area contributed by atoms with E-state index in [4.69, 9.17) is 0 Å². The van der Waals surface area contributed by atoms with Gasteiger partial charge in [0.15, 0.2) is 5.13 Å². The van der Waals surface area contributed by atoms with Crippen molar-refractivity contribution in [1.82, 2.24) is 4.98 Å². The van der Waals surface area contributed by atoms with E-state index in [1.807, 2.05) is 48.5 Å². The summed E-state index contributed by atoms with van der Waals surface area (Å²) in [5.74, 6) is 0.758. The topological polar surface area (TPSA) is 42.0 Å². The van der Waals surface area contributed by atoms with Crippen LogP contribution in [0.25, 0.3) is 10.2 Å². The molecular formula is C16H13BrN2OS2.